The van der Waals surface area contributed by atoms with Gasteiger partial charge in [-0.2, -0.15) is 10.2 Å². The highest BCUT2D eigenvalue weighted by Gasteiger charge is 2.15. The molecule has 2 atom stereocenters. The zero-order chi connectivity index (χ0) is 5.15. The third-order valence-electron chi connectivity index (χ3n) is 0.206. The Morgan fingerprint density at radius 2 is 1.17 bits per heavy atom. The first kappa shape index (κ1) is 5.78. The molecule has 0 fully saturated rings. The van der Waals surface area contributed by atoms with Gasteiger partial charge in [-0.15, -0.1) is 0 Å². The molecule has 0 N–H and O–H groups in total. The molecule has 0 rings (SSSR count). The van der Waals surface area contributed by atoms with Gasteiger partial charge < -0.3 is 0 Å². The Morgan fingerprint density at radius 3 is 1.17 bits per heavy atom. The third-order valence-corrected chi connectivity index (χ3v) is 0.206. The summed E-state index contributed by atoms with van der Waals surface area (Å²) in [7, 11) is 0. The smallest absolute Gasteiger partial charge is 0.207 e. The maximum Gasteiger partial charge on any atom is 0.289 e. The molecule has 4 heteroatoms. The highest BCUT2D eigenvalue weighted by Crippen LogP contribution is 1.94. The molecule has 0 spiro atoms. The Balaban J connectivity index is 2.99. The largest absolute Gasteiger partial charge is 0.289 e. The van der Waals surface area contributed by atoms with Crippen LogP contribution in [-0.2, 0) is 10.2 Å². The molecule has 0 aliphatic heterocycles. The van der Waals surface area contributed by atoms with Gasteiger partial charge in [0.25, 0.3) is 12.7 Å². The van der Waals surface area contributed by atoms with Crippen molar-refractivity contribution >= 4 is 0 Å². The first-order chi connectivity index (χ1) is 2.64. The average Bonchev–Trinajstić information content (AvgIpc) is 1.36. The van der Waals surface area contributed by atoms with Gasteiger partial charge in [0.2, 0.25) is 0 Å². The van der Waals surface area contributed by atoms with E-state index in [0.717, 1.165) is 0 Å². The van der Waals surface area contributed by atoms with Gasteiger partial charge in [-0.3, -0.25) is 0 Å². The van der Waals surface area contributed by atoms with Gasteiger partial charge in [-0.05, 0) is 0 Å². The van der Waals surface area contributed by atoms with E-state index < -0.39 is 12.7 Å². The van der Waals surface area contributed by atoms with Crippen LogP contribution in [0, 0.1) is 0 Å². The van der Waals surface area contributed by atoms with Gasteiger partial charge >= 0.3 is 0 Å². The zero-order valence-electron chi connectivity index (χ0n) is 2.73. The van der Waals surface area contributed by atoms with E-state index >= 15 is 0 Å². The number of hydrogen-bond donors (Lipinski definition) is 0. The molecule has 0 aromatic rings. The molecule has 2 unspecified atom stereocenters. The minimum Gasteiger partial charge on any atom is -0.207 e. The first-order valence-electron chi connectivity index (χ1n) is 1.24. The van der Waals surface area contributed by atoms with E-state index in [-0.39, 0.29) is 0 Å². The van der Waals surface area contributed by atoms with Crippen LogP contribution in [0.1, 0.15) is 0 Å². The normalized spacial score (nSPS) is 20.0. The third kappa shape index (κ3) is 2.04. The van der Waals surface area contributed by atoms with E-state index in [1.807, 2.05) is 0 Å². The van der Waals surface area contributed by atoms with Crippen molar-refractivity contribution in [3.63, 3.8) is 0 Å². The van der Waals surface area contributed by atoms with Crippen molar-refractivity contribution < 1.29 is 19.0 Å². The minimum absolute atomic E-state index is 3.12. The number of hydrogen-bond acceptors (Lipinski definition) is 0. The quantitative estimate of drug-likeness (QED) is 0.454. The fourth-order valence-electron chi connectivity index (χ4n) is 0. The molecule has 0 heterocycles. The van der Waals surface area contributed by atoms with Gasteiger partial charge in [-0.25, -0.2) is 8.78 Å². The number of alkyl halides is 2. The Bertz CT molecular complexity index is 30.5. The van der Waals surface area contributed by atoms with E-state index in [1.54, 1.807) is 0 Å². The fourth-order valence-corrected chi connectivity index (χ4v) is 0. The van der Waals surface area contributed by atoms with E-state index in [0.29, 0.717) is 0 Å². The van der Waals surface area contributed by atoms with E-state index in [4.69, 9.17) is 10.2 Å². The van der Waals surface area contributed by atoms with Crippen LogP contribution in [0.4, 0.5) is 8.78 Å². The van der Waals surface area contributed by atoms with Gasteiger partial charge in [0.05, 0.1) is 0 Å². The predicted octanol–water partition coefficient (Wildman–Crippen LogP) is 0.439. The summed E-state index contributed by atoms with van der Waals surface area (Å²) in [5, 5.41) is 17.7. The summed E-state index contributed by atoms with van der Waals surface area (Å²) in [4.78, 5) is 0. The number of halogens is 2. The van der Waals surface area contributed by atoms with E-state index in [9.17, 15) is 8.78 Å². The van der Waals surface area contributed by atoms with Crippen molar-refractivity contribution in [3.05, 3.63) is 0 Å². The molecule has 0 saturated heterocycles. The van der Waals surface area contributed by atoms with E-state index in [2.05, 4.69) is 0 Å². The van der Waals surface area contributed by atoms with Crippen molar-refractivity contribution in [1.29, 1.82) is 0 Å². The summed E-state index contributed by atoms with van der Waals surface area (Å²) >= 11 is 0. The number of rotatable bonds is 1. The lowest BCUT2D eigenvalue weighted by molar-refractivity contribution is -0.186. The Labute approximate surface area is 33.0 Å². The summed E-state index contributed by atoms with van der Waals surface area (Å²) in [6, 6.07) is 0. The van der Waals surface area contributed by atoms with Crippen LogP contribution in [-0.4, -0.2) is 12.7 Å². The predicted molar refractivity (Wildman–Crippen MR) is 11.2 cm³/mol. The fraction of sp³-hybridized carbons (Fsp3) is 1.00. The van der Waals surface area contributed by atoms with Crippen LogP contribution < -0.4 is 0 Å². The second-order valence-corrected chi connectivity index (χ2v) is 0.702. The monoisotopic (exact) mass is 96.0 g/mol. The Kier molecular flexibility index (Phi) is 1.97. The van der Waals surface area contributed by atoms with Crippen LogP contribution in [0.15, 0.2) is 0 Å². The lowest BCUT2D eigenvalue weighted by Gasteiger charge is -1.89. The summed E-state index contributed by atoms with van der Waals surface area (Å²) < 4.78 is 21.2. The molecule has 0 aromatic carbocycles. The molecular formula is C2H2F2O2. The van der Waals surface area contributed by atoms with Crippen LogP contribution in [0.2, 0.25) is 0 Å². The second-order valence-electron chi connectivity index (χ2n) is 0.702. The maximum atomic E-state index is 10.6. The molecule has 2 nitrogen and oxygen atoms in total. The van der Waals surface area contributed by atoms with Gasteiger partial charge in [0.1, 0.15) is 0 Å². The van der Waals surface area contributed by atoms with Crippen LogP contribution in [0.5, 0.6) is 0 Å². The Hall–Kier alpha value is -0.220. The molecule has 6 heavy (non-hydrogen) atoms. The summed E-state index contributed by atoms with van der Waals surface area (Å²) in [6.07, 6.45) is -6.24. The molecule has 0 aromatic heterocycles. The molecular weight excluding hydrogens is 94.0 g/mol. The van der Waals surface area contributed by atoms with Crippen molar-refractivity contribution in [2.75, 3.05) is 0 Å². The highest BCUT2D eigenvalue weighted by molar-refractivity contribution is 4.32. The Morgan fingerprint density at radius 1 is 1.00 bits per heavy atom. The maximum absolute atomic E-state index is 10.6. The molecule has 36 valence electrons. The summed E-state index contributed by atoms with van der Waals surface area (Å²) in [5.74, 6) is 0. The molecule has 0 aliphatic carbocycles. The second kappa shape index (κ2) is 2.04. The molecule has 2 radical (unpaired) electrons. The van der Waals surface area contributed by atoms with Gasteiger partial charge in [0, 0.05) is 0 Å². The van der Waals surface area contributed by atoms with Crippen LogP contribution >= 0.6 is 0 Å². The molecule has 0 amide bonds. The molecule has 0 saturated carbocycles. The van der Waals surface area contributed by atoms with Gasteiger partial charge in [0.15, 0.2) is 0 Å². The van der Waals surface area contributed by atoms with Crippen molar-refractivity contribution in [3.8, 4) is 0 Å². The molecule has 0 bridgehead atoms. The van der Waals surface area contributed by atoms with Crippen LogP contribution in [0.3, 0.4) is 0 Å². The average molecular weight is 96.0 g/mol. The van der Waals surface area contributed by atoms with Crippen molar-refractivity contribution in [2.24, 2.45) is 0 Å². The topological polar surface area (TPSA) is 39.8 Å². The minimum atomic E-state index is -3.12. The first-order valence-corrected chi connectivity index (χ1v) is 1.24. The lowest BCUT2D eigenvalue weighted by Crippen LogP contribution is -2.10. The van der Waals surface area contributed by atoms with Crippen molar-refractivity contribution in [1.82, 2.24) is 0 Å². The SMILES string of the molecule is [O]C(F)C([O])F. The van der Waals surface area contributed by atoms with Crippen LogP contribution in [0.25, 0.3) is 0 Å². The highest BCUT2D eigenvalue weighted by atomic mass is 19.2. The van der Waals surface area contributed by atoms with Crippen molar-refractivity contribution in [2.45, 2.75) is 12.7 Å². The van der Waals surface area contributed by atoms with Gasteiger partial charge in [-0.1, -0.05) is 0 Å². The molecule has 0 aliphatic rings. The lowest BCUT2D eigenvalue weighted by atomic mass is 10.7. The standard InChI is InChI=1S/C2H2F2O2/c3-1(5)2(4)6/h1-2H. The summed E-state index contributed by atoms with van der Waals surface area (Å²) in [6.45, 7) is 0. The zero-order valence-corrected chi connectivity index (χ0v) is 2.73. The summed E-state index contributed by atoms with van der Waals surface area (Å²) in [5.41, 5.74) is 0. The van der Waals surface area contributed by atoms with E-state index in [1.165, 1.54) is 0 Å².